The summed E-state index contributed by atoms with van der Waals surface area (Å²) in [5.74, 6) is -0.900. The number of carbonyl (C=O) groups is 2. The minimum atomic E-state index is -0.524. The first-order valence-electron chi connectivity index (χ1n) is 5.41. The van der Waals surface area contributed by atoms with Gasteiger partial charge in [0.2, 0.25) is 5.91 Å². The fraction of sp³-hybridized carbons (Fsp3) is 0.250. The lowest BCUT2D eigenvalue weighted by atomic mass is 10.1. The number of fused-ring (bicyclic) bond motifs is 1. The van der Waals surface area contributed by atoms with Crippen LogP contribution in [0.15, 0.2) is 29.4 Å². The van der Waals surface area contributed by atoms with Crippen molar-refractivity contribution < 1.29 is 9.59 Å². The zero-order valence-electron chi connectivity index (χ0n) is 9.25. The topological polar surface area (TPSA) is 61.8 Å². The van der Waals surface area contributed by atoms with Crippen molar-refractivity contribution in [2.45, 2.75) is 13.0 Å². The number of hydrazone groups is 1. The van der Waals surface area contributed by atoms with Gasteiger partial charge in [-0.05, 0) is 19.1 Å². The summed E-state index contributed by atoms with van der Waals surface area (Å²) in [4.78, 5) is 25.3. The molecular formula is C12H11N3O2. The molecule has 1 saturated heterocycles. The summed E-state index contributed by atoms with van der Waals surface area (Å²) in [6.45, 7) is 1.96. The van der Waals surface area contributed by atoms with Crippen LogP contribution in [0.3, 0.4) is 0 Å². The van der Waals surface area contributed by atoms with Crippen LogP contribution in [0, 0.1) is 12.8 Å². The van der Waals surface area contributed by atoms with Crippen LogP contribution < -0.4 is 10.3 Å². The molecule has 5 heteroatoms. The van der Waals surface area contributed by atoms with Crippen LogP contribution in [0.5, 0.6) is 0 Å². The fourth-order valence-electron chi connectivity index (χ4n) is 2.13. The van der Waals surface area contributed by atoms with Crippen LogP contribution >= 0.6 is 0 Å². The van der Waals surface area contributed by atoms with Crippen LogP contribution in [0.1, 0.15) is 5.56 Å². The van der Waals surface area contributed by atoms with E-state index in [-0.39, 0.29) is 11.8 Å². The van der Waals surface area contributed by atoms with Gasteiger partial charge in [0.25, 0.3) is 5.91 Å². The van der Waals surface area contributed by atoms with Crippen LogP contribution in [0.2, 0.25) is 0 Å². The normalized spacial score (nSPS) is 26.3. The quantitative estimate of drug-likeness (QED) is 0.711. The number of carbonyl (C=O) groups excluding carboxylic acids is 2. The molecule has 2 aliphatic heterocycles. The third-order valence-electron chi connectivity index (χ3n) is 3.09. The monoisotopic (exact) mass is 229 g/mol. The second-order valence-corrected chi connectivity index (χ2v) is 4.26. The van der Waals surface area contributed by atoms with Gasteiger partial charge < -0.3 is 0 Å². The van der Waals surface area contributed by atoms with Crippen molar-refractivity contribution in [1.29, 1.82) is 0 Å². The lowest BCUT2D eigenvalue weighted by Gasteiger charge is -2.15. The molecule has 2 atom stereocenters. The molecule has 0 spiro atoms. The Labute approximate surface area is 98.1 Å². The second kappa shape index (κ2) is 3.41. The van der Waals surface area contributed by atoms with E-state index in [2.05, 4.69) is 10.5 Å². The SMILES string of the molecule is Cc1ccc(N2C(=O)[C@H]3C=NN[C@@H]3C2=O)cc1. The van der Waals surface area contributed by atoms with Crippen molar-refractivity contribution in [2.24, 2.45) is 11.0 Å². The van der Waals surface area contributed by atoms with E-state index in [4.69, 9.17) is 0 Å². The number of benzene rings is 1. The highest BCUT2D eigenvalue weighted by Gasteiger charge is 2.49. The zero-order valence-corrected chi connectivity index (χ0v) is 9.25. The summed E-state index contributed by atoms with van der Waals surface area (Å²) >= 11 is 0. The summed E-state index contributed by atoms with van der Waals surface area (Å²) in [5.41, 5.74) is 4.38. The third-order valence-corrected chi connectivity index (χ3v) is 3.09. The van der Waals surface area contributed by atoms with Crippen molar-refractivity contribution >= 4 is 23.7 Å². The number of anilines is 1. The van der Waals surface area contributed by atoms with Crippen molar-refractivity contribution in [2.75, 3.05) is 4.90 Å². The molecule has 0 aliphatic carbocycles. The lowest BCUT2D eigenvalue weighted by molar-refractivity contribution is -0.122. The van der Waals surface area contributed by atoms with E-state index in [9.17, 15) is 9.59 Å². The van der Waals surface area contributed by atoms with Gasteiger partial charge in [0.1, 0.15) is 12.0 Å². The molecule has 3 rings (SSSR count). The van der Waals surface area contributed by atoms with Crippen molar-refractivity contribution in [3.63, 3.8) is 0 Å². The van der Waals surface area contributed by atoms with Gasteiger partial charge in [0.15, 0.2) is 0 Å². The number of imide groups is 1. The van der Waals surface area contributed by atoms with E-state index in [1.165, 1.54) is 11.1 Å². The number of nitrogens with zero attached hydrogens (tertiary/aromatic N) is 2. The maximum Gasteiger partial charge on any atom is 0.259 e. The van der Waals surface area contributed by atoms with E-state index in [0.29, 0.717) is 5.69 Å². The minimum Gasteiger partial charge on any atom is -0.297 e. The summed E-state index contributed by atoms with van der Waals surface area (Å²) in [6.07, 6.45) is 1.50. The molecule has 0 saturated carbocycles. The molecule has 2 aliphatic rings. The highest BCUT2D eigenvalue weighted by molar-refractivity contribution is 6.28. The van der Waals surface area contributed by atoms with Gasteiger partial charge in [-0.1, -0.05) is 17.7 Å². The molecule has 2 heterocycles. The molecule has 86 valence electrons. The number of rotatable bonds is 1. The molecule has 1 N–H and O–H groups in total. The van der Waals surface area contributed by atoms with Crippen LogP contribution in [-0.2, 0) is 9.59 Å². The van der Waals surface area contributed by atoms with Gasteiger partial charge in [-0.25, -0.2) is 4.90 Å². The molecule has 17 heavy (non-hydrogen) atoms. The first-order chi connectivity index (χ1) is 8.18. The van der Waals surface area contributed by atoms with Gasteiger partial charge in [0, 0.05) is 6.21 Å². The Morgan fingerprint density at radius 1 is 1.18 bits per heavy atom. The molecule has 1 aromatic carbocycles. The number of nitrogens with one attached hydrogen (secondary N) is 1. The highest BCUT2D eigenvalue weighted by atomic mass is 16.2. The lowest BCUT2D eigenvalue weighted by Crippen LogP contribution is -2.36. The van der Waals surface area contributed by atoms with Crippen molar-refractivity contribution in [3.8, 4) is 0 Å². The van der Waals surface area contributed by atoms with Gasteiger partial charge in [-0.15, -0.1) is 0 Å². The van der Waals surface area contributed by atoms with E-state index in [1.54, 1.807) is 12.1 Å². The van der Waals surface area contributed by atoms with Crippen molar-refractivity contribution in [3.05, 3.63) is 29.8 Å². The smallest absolute Gasteiger partial charge is 0.259 e. The average molecular weight is 229 g/mol. The fourth-order valence-corrected chi connectivity index (χ4v) is 2.13. The number of hydrogen-bond donors (Lipinski definition) is 1. The first kappa shape index (κ1) is 10.0. The van der Waals surface area contributed by atoms with E-state index in [0.717, 1.165) is 5.56 Å². The van der Waals surface area contributed by atoms with E-state index < -0.39 is 12.0 Å². The Hall–Kier alpha value is -2.17. The van der Waals surface area contributed by atoms with Gasteiger partial charge in [-0.3, -0.25) is 15.0 Å². The number of aryl methyl sites for hydroxylation is 1. The maximum atomic E-state index is 12.1. The molecule has 0 bridgehead atoms. The van der Waals surface area contributed by atoms with Gasteiger partial charge in [0.05, 0.1) is 5.69 Å². The van der Waals surface area contributed by atoms with Gasteiger partial charge in [-0.2, -0.15) is 5.10 Å². The molecular weight excluding hydrogens is 218 g/mol. The minimum absolute atomic E-state index is 0.211. The molecule has 0 unspecified atom stereocenters. The standard InChI is InChI=1S/C12H11N3O2/c1-7-2-4-8(5-3-7)15-11(16)9-6-13-14-10(9)12(15)17/h2-6,9-10,14H,1H3/t9-,10-/m0/s1. The third kappa shape index (κ3) is 1.35. The van der Waals surface area contributed by atoms with Crippen LogP contribution in [-0.4, -0.2) is 24.1 Å². The van der Waals surface area contributed by atoms with Gasteiger partial charge >= 0.3 is 0 Å². The maximum absolute atomic E-state index is 12.1. The largest absolute Gasteiger partial charge is 0.297 e. The number of hydrogen-bond acceptors (Lipinski definition) is 4. The predicted molar refractivity (Wildman–Crippen MR) is 62.6 cm³/mol. The summed E-state index contributed by atoms with van der Waals surface area (Å²) in [5, 5.41) is 3.77. The molecule has 2 amide bonds. The van der Waals surface area contributed by atoms with E-state index in [1.807, 2.05) is 19.1 Å². The Morgan fingerprint density at radius 3 is 2.53 bits per heavy atom. The predicted octanol–water partition coefficient (Wildman–Crippen LogP) is 0.442. The Morgan fingerprint density at radius 2 is 1.88 bits per heavy atom. The Kier molecular flexibility index (Phi) is 2.01. The van der Waals surface area contributed by atoms with E-state index >= 15 is 0 Å². The Bertz CT molecular complexity index is 521. The molecule has 0 radical (unpaired) electrons. The molecule has 1 aromatic rings. The summed E-state index contributed by atoms with van der Waals surface area (Å²) in [6, 6.07) is 6.80. The number of amides is 2. The van der Waals surface area contributed by atoms with Crippen molar-refractivity contribution in [1.82, 2.24) is 5.43 Å². The Balaban J connectivity index is 1.99. The first-order valence-corrected chi connectivity index (χ1v) is 5.41. The van der Waals surface area contributed by atoms with Crippen LogP contribution in [0.4, 0.5) is 5.69 Å². The average Bonchev–Trinajstić information content (AvgIpc) is 2.87. The second-order valence-electron chi connectivity index (χ2n) is 4.26. The highest BCUT2D eigenvalue weighted by Crippen LogP contribution is 2.27. The van der Waals surface area contributed by atoms with Crippen LogP contribution in [0.25, 0.3) is 0 Å². The zero-order chi connectivity index (χ0) is 12.0. The molecule has 5 nitrogen and oxygen atoms in total. The summed E-state index contributed by atoms with van der Waals surface area (Å²) < 4.78 is 0. The molecule has 0 aromatic heterocycles. The molecule has 1 fully saturated rings. The summed E-state index contributed by atoms with van der Waals surface area (Å²) in [7, 11) is 0.